The Kier molecular flexibility index (Phi) is 7.65. The molecule has 0 unspecified atom stereocenters. The topological polar surface area (TPSA) is 200 Å². The van der Waals surface area contributed by atoms with Crippen LogP contribution in [0.25, 0.3) is 0 Å². The summed E-state index contributed by atoms with van der Waals surface area (Å²) in [6, 6.07) is 4.62. The van der Waals surface area contributed by atoms with Gasteiger partial charge >= 0.3 is 11.4 Å². The van der Waals surface area contributed by atoms with Crippen molar-refractivity contribution in [2.24, 2.45) is 17.8 Å². The van der Waals surface area contributed by atoms with E-state index in [1.165, 1.54) is 58.3 Å². The monoisotopic (exact) mass is 658 g/mol. The Hall–Kier alpha value is -5.86. The predicted octanol–water partition coefficient (Wildman–Crippen LogP) is 3.93. The second-order valence-corrected chi connectivity index (χ2v) is 12.2. The lowest BCUT2D eigenvalue weighted by molar-refractivity contribution is -0.392. The highest BCUT2D eigenvalue weighted by Gasteiger charge is 2.57. The van der Waals surface area contributed by atoms with Crippen LogP contribution in [0, 0.1) is 38.0 Å². The van der Waals surface area contributed by atoms with Gasteiger partial charge in [0.2, 0.25) is 11.8 Å². The number of ketones is 2. The molecule has 1 heterocycles. The molecule has 2 amide bonds. The van der Waals surface area contributed by atoms with Crippen LogP contribution in [0.2, 0.25) is 0 Å². The molecule has 0 spiro atoms. The van der Waals surface area contributed by atoms with Gasteiger partial charge in [0.05, 0.1) is 41.6 Å². The third-order valence-electron chi connectivity index (χ3n) is 9.53. The van der Waals surface area contributed by atoms with Gasteiger partial charge in [-0.05, 0) is 31.8 Å². The standard InChI is InChI=1S/C33H30N4O11/c1-14-8-23(39)27-20(31(14)40)13-19-17(28(27)29-24(47-4)11-16(38)12-25(29)48-5)6-7-18-26(19)33(42)35(32(18)41)15-9-21(36(43)44)30(34(2)3)22(10-15)37(45)46/h6,8-12,18-19,26,28,38H,7,13H2,1-5H3/t18-,19+,26-,28-/m0/s1. The number of methoxy groups -OCH3 is 2. The van der Waals surface area contributed by atoms with Crippen molar-refractivity contribution in [1.29, 1.82) is 0 Å². The van der Waals surface area contributed by atoms with Crippen molar-refractivity contribution in [2.75, 3.05) is 38.1 Å². The van der Waals surface area contributed by atoms with Gasteiger partial charge in [0, 0.05) is 66.6 Å². The lowest BCUT2D eigenvalue weighted by atomic mass is 9.59. The summed E-state index contributed by atoms with van der Waals surface area (Å²) in [4.78, 5) is 80.0. The van der Waals surface area contributed by atoms with Gasteiger partial charge in [-0.2, -0.15) is 0 Å². The normalized spacial score (nSPS) is 23.2. The number of carbonyl (C=O) groups is 4. The van der Waals surface area contributed by atoms with Crippen molar-refractivity contribution in [1.82, 2.24) is 0 Å². The molecule has 1 aliphatic heterocycles. The predicted molar refractivity (Wildman–Crippen MR) is 169 cm³/mol. The van der Waals surface area contributed by atoms with E-state index in [1.54, 1.807) is 6.08 Å². The molecule has 0 aromatic heterocycles. The lowest BCUT2D eigenvalue weighted by Crippen LogP contribution is -2.40. The van der Waals surface area contributed by atoms with Crippen LogP contribution in [0.3, 0.4) is 0 Å². The fraction of sp³-hybridized carbons (Fsp3) is 0.333. The van der Waals surface area contributed by atoms with Crippen molar-refractivity contribution in [2.45, 2.75) is 25.7 Å². The molecule has 1 N–H and O–H groups in total. The fourth-order valence-corrected chi connectivity index (χ4v) is 7.63. The summed E-state index contributed by atoms with van der Waals surface area (Å²) in [5.74, 6) is -5.85. The number of nitro benzene ring substituents is 2. The second-order valence-electron chi connectivity index (χ2n) is 12.2. The summed E-state index contributed by atoms with van der Waals surface area (Å²) >= 11 is 0. The van der Waals surface area contributed by atoms with Crippen LogP contribution in [-0.4, -0.2) is 66.6 Å². The molecule has 1 fully saturated rings. The molecule has 2 aromatic carbocycles. The Bertz CT molecular complexity index is 1910. The number of anilines is 2. The molecule has 0 radical (unpaired) electrons. The number of phenolic OH excluding ortho intramolecular Hbond substituents is 1. The van der Waals surface area contributed by atoms with Gasteiger partial charge < -0.3 is 19.5 Å². The molecular formula is C33H30N4O11. The quantitative estimate of drug-likeness (QED) is 0.148. The van der Waals surface area contributed by atoms with Gasteiger partial charge in [0.25, 0.3) is 0 Å². The molecular weight excluding hydrogens is 628 g/mol. The third-order valence-corrected chi connectivity index (χ3v) is 9.53. The minimum atomic E-state index is -1.07. The van der Waals surface area contributed by atoms with Crippen LogP contribution in [0.1, 0.15) is 31.2 Å². The van der Waals surface area contributed by atoms with Crippen LogP contribution >= 0.6 is 0 Å². The number of amides is 2. The average Bonchev–Trinajstić information content (AvgIpc) is 3.30. The van der Waals surface area contributed by atoms with Gasteiger partial charge in [-0.1, -0.05) is 11.6 Å². The van der Waals surface area contributed by atoms with Crippen molar-refractivity contribution in [3.05, 3.63) is 84.5 Å². The first kappa shape index (κ1) is 32.1. The summed E-state index contributed by atoms with van der Waals surface area (Å²) in [7, 11) is 5.54. The van der Waals surface area contributed by atoms with Gasteiger partial charge in [0.1, 0.15) is 17.2 Å². The molecule has 0 saturated carbocycles. The van der Waals surface area contributed by atoms with Crippen molar-refractivity contribution >= 4 is 46.1 Å². The molecule has 48 heavy (non-hydrogen) atoms. The number of fused-ring (bicyclic) bond motifs is 3. The molecule has 0 bridgehead atoms. The minimum Gasteiger partial charge on any atom is -0.508 e. The van der Waals surface area contributed by atoms with Gasteiger partial charge in [-0.25, -0.2) is 4.90 Å². The maximum atomic E-state index is 14.4. The fourth-order valence-electron chi connectivity index (χ4n) is 7.63. The van der Waals surface area contributed by atoms with Crippen LogP contribution in [0.4, 0.5) is 22.7 Å². The summed E-state index contributed by atoms with van der Waals surface area (Å²) < 4.78 is 11.2. The summed E-state index contributed by atoms with van der Waals surface area (Å²) in [5.41, 5.74) is -0.484. The number of aromatic hydroxyl groups is 1. The first-order valence-corrected chi connectivity index (χ1v) is 14.9. The molecule has 3 aliphatic carbocycles. The van der Waals surface area contributed by atoms with Crippen molar-refractivity contribution in [3.8, 4) is 17.2 Å². The number of benzene rings is 2. The van der Waals surface area contributed by atoms with Gasteiger partial charge in [-0.15, -0.1) is 0 Å². The molecule has 4 atom stereocenters. The maximum Gasteiger partial charge on any atom is 0.301 e. The van der Waals surface area contributed by atoms with Crippen molar-refractivity contribution < 1.29 is 43.6 Å². The highest BCUT2D eigenvalue weighted by molar-refractivity contribution is 6.25. The number of hydrogen-bond donors (Lipinski definition) is 1. The van der Waals surface area contributed by atoms with E-state index in [0.717, 1.165) is 17.0 Å². The van der Waals surface area contributed by atoms with Crippen LogP contribution in [0.15, 0.2) is 58.7 Å². The number of nitro groups is 2. The minimum absolute atomic E-state index is 0.0381. The number of phenols is 1. The highest BCUT2D eigenvalue weighted by Crippen LogP contribution is 2.58. The summed E-state index contributed by atoms with van der Waals surface area (Å²) in [6.07, 6.45) is 2.99. The third kappa shape index (κ3) is 4.64. The number of ether oxygens (including phenoxy) is 2. The Morgan fingerprint density at radius 3 is 2.02 bits per heavy atom. The Labute approximate surface area is 273 Å². The molecule has 248 valence electrons. The number of hydrogen-bond acceptors (Lipinski definition) is 12. The van der Waals surface area contributed by atoms with Crippen molar-refractivity contribution in [3.63, 3.8) is 0 Å². The van der Waals surface area contributed by atoms with Crippen LogP contribution in [-0.2, 0) is 19.2 Å². The molecule has 6 rings (SSSR count). The maximum absolute atomic E-state index is 14.4. The smallest absolute Gasteiger partial charge is 0.301 e. The van der Waals surface area contributed by atoms with E-state index in [0.29, 0.717) is 11.1 Å². The average molecular weight is 659 g/mol. The zero-order chi connectivity index (χ0) is 34.9. The Balaban J connectivity index is 1.53. The van der Waals surface area contributed by atoms with E-state index in [1.807, 2.05) is 0 Å². The number of rotatable bonds is 7. The molecule has 1 saturated heterocycles. The molecule has 15 nitrogen and oxygen atoms in total. The van der Waals surface area contributed by atoms with E-state index in [4.69, 9.17) is 9.47 Å². The molecule has 4 aliphatic rings. The largest absolute Gasteiger partial charge is 0.508 e. The number of imide groups is 1. The highest BCUT2D eigenvalue weighted by atomic mass is 16.6. The molecule has 15 heteroatoms. The first-order chi connectivity index (χ1) is 22.7. The zero-order valence-corrected chi connectivity index (χ0v) is 26.5. The summed E-state index contributed by atoms with van der Waals surface area (Å²) in [6.45, 7) is 1.51. The van der Waals surface area contributed by atoms with E-state index in [9.17, 15) is 44.5 Å². The zero-order valence-electron chi connectivity index (χ0n) is 26.5. The van der Waals surface area contributed by atoms with Crippen LogP contribution in [0.5, 0.6) is 17.2 Å². The molecule has 2 aromatic rings. The number of nitrogens with zero attached hydrogens (tertiary/aromatic N) is 4. The first-order valence-electron chi connectivity index (χ1n) is 14.9. The summed E-state index contributed by atoms with van der Waals surface area (Å²) in [5, 5.41) is 34.4. The Morgan fingerprint density at radius 1 is 0.917 bits per heavy atom. The van der Waals surface area contributed by atoms with E-state index < -0.39 is 68.3 Å². The van der Waals surface area contributed by atoms with E-state index in [2.05, 4.69) is 0 Å². The number of Topliss-reactive ketones (excluding diaryl/α,β-unsaturated/α-hetero) is 1. The van der Waals surface area contributed by atoms with E-state index >= 15 is 0 Å². The van der Waals surface area contributed by atoms with Gasteiger partial charge in [0.15, 0.2) is 17.3 Å². The number of allylic oxidation sites excluding steroid dienone is 6. The van der Waals surface area contributed by atoms with Gasteiger partial charge in [-0.3, -0.25) is 39.4 Å². The lowest BCUT2D eigenvalue weighted by Gasteiger charge is -2.42. The second kappa shape index (κ2) is 11.4. The number of carbonyl (C=O) groups excluding carboxylic acids is 4. The van der Waals surface area contributed by atoms with E-state index in [-0.39, 0.29) is 58.2 Å². The van der Waals surface area contributed by atoms with Crippen LogP contribution < -0.4 is 19.3 Å². The SMILES string of the molecule is COc1cc(O)cc(OC)c1[C@H]1C2=CC[C@@H]3C(=O)N(c4cc([N+](=O)[O-])c(N(C)C)c([N+](=O)[O-])c4)C(=O)[C@@H]3[C@@H]2CC2=C1C(=O)C=C(C)C2=O. The Morgan fingerprint density at radius 2 is 1.50 bits per heavy atom.